The Hall–Kier alpha value is -3.08. The summed E-state index contributed by atoms with van der Waals surface area (Å²) >= 11 is 0. The molecule has 1 aliphatic heterocycles. The van der Waals surface area contributed by atoms with E-state index in [9.17, 15) is 4.79 Å². The van der Waals surface area contributed by atoms with Crippen molar-refractivity contribution in [1.29, 1.82) is 0 Å². The molecular weight excluding hydrogens is 282 g/mol. The van der Waals surface area contributed by atoms with Gasteiger partial charge in [-0.1, -0.05) is 18.7 Å². The lowest BCUT2D eigenvalue weighted by Gasteiger charge is -2.05. The highest BCUT2D eigenvalue weighted by Crippen LogP contribution is 2.21. The van der Waals surface area contributed by atoms with Gasteiger partial charge >= 0.3 is 5.97 Å². The van der Waals surface area contributed by atoms with Crippen molar-refractivity contribution in [2.24, 2.45) is 4.99 Å². The smallest absolute Gasteiger partial charge is 0.363 e. The number of rotatable bonds is 4. The van der Waals surface area contributed by atoms with Crippen molar-refractivity contribution in [3.8, 4) is 0 Å². The Morgan fingerprint density at radius 2 is 2.05 bits per heavy atom. The second kappa shape index (κ2) is 5.73. The SMILES string of the molecule is C=C(OC)c1ccc(C2=N/C(=C/c3ccco3)C(=O)O2)cc1. The van der Waals surface area contributed by atoms with Crippen LogP contribution in [0.5, 0.6) is 0 Å². The van der Waals surface area contributed by atoms with E-state index in [4.69, 9.17) is 13.9 Å². The van der Waals surface area contributed by atoms with Gasteiger partial charge in [0.25, 0.3) is 0 Å². The lowest BCUT2D eigenvalue weighted by molar-refractivity contribution is -0.129. The van der Waals surface area contributed by atoms with Gasteiger partial charge in [0.2, 0.25) is 5.90 Å². The van der Waals surface area contributed by atoms with Crippen LogP contribution in [0.25, 0.3) is 11.8 Å². The minimum Gasteiger partial charge on any atom is -0.497 e. The predicted molar refractivity (Wildman–Crippen MR) is 81.8 cm³/mol. The molecule has 0 atom stereocenters. The summed E-state index contributed by atoms with van der Waals surface area (Å²) in [6.07, 6.45) is 3.06. The van der Waals surface area contributed by atoms with E-state index in [0.29, 0.717) is 17.1 Å². The van der Waals surface area contributed by atoms with Gasteiger partial charge in [-0.15, -0.1) is 0 Å². The van der Waals surface area contributed by atoms with Crippen LogP contribution in [0.4, 0.5) is 0 Å². The highest BCUT2D eigenvalue weighted by Gasteiger charge is 2.24. The number of methoxy groups -OCH3 is 1. The summed E-state index contributed by atoms with van der Waals surface area (Å²) in [5.41, 5.74) is 1.75. The maximum Gasteiger partial charge on any atom is 0.363 e. The molecule has 0 spiro atoms. The minimum absolute atomic E-state index is 0.204. The van der Waals surface area contributed by atoms with Crippen LogP contribution in [-0.2, 0) is 14.3 Å². The summed E-state index contributed by atoms with van der Waals surface area (Å²) in [6.45, 7) is 3.78. The average molecular weight is 295 g/mol. The second-order valence-electron chi connectivity index (χ2n) is 4.56. The lowest BCUT2D eigenvalue weighted by atomic mass is 10.1. The van der Waals surface area contributed by atoms with Crippen LogP contribution in [0.1, 0.15) is 16.9 Å². The summed E-state index contributed by atoms with van der Waals surface area (Å²) in [4.78, 5) is 16.0. The maximum atomic E-state index is 11.8. The molecule has 0 bridgehead atoms. The van der Waals surface area contributed by atoms with E-state index in [-0.39, 0.29) is 11.6 Å². The van der Waals surface area contributed by atoms with Gasteiger partial charge in [-0.25, -0.2) is 9.79 Å². The number of ether oxygens (including phenoxy) is 2. The molecule has 0 saturated heterocycles. The molecule has 0 aliphatic carbocycles. The standard InChI is InChI=1S/C17H13NO4/c1-11(20-2)12-5-7-13(8-6-12)16-18-15(17(19)22-16)10-14-4-3-9-21-14/h3-10H,1H2,2H3/b15-10+. The van der Waals surface area contributed by atoms with Crippen molar-refractivity contribution in [2.45, 2.75) is 0 Å². The Labute approximate surface area is 127 Å². The van der Waals surface area contributed by atoms with E-state index < -0.39 is 5.97 Å². The molecule has 2 heterocycles. The molecule has 1 aliphatic rings. The molecule has 0 N–H and O–H groups in total. The third-order valence-corrected chi connectivity index (χ3v) is 3.14. The topological polar surface area (TPSA) is 61.0 Å². The first-order valence-corrected chi connectivity index (χ1v) is 6.57. The Bertz CT molecular complexity index is 768. The van der Waals surface area contributed by atoms with E-state index in [1.54, 1.807) is 31.4 Å². The number of cyclic esters (lactones) is 1. The van der Waals surface area contributed by atoms with Gasteiger partial charge in [0.05, 0.1) is 13.4 Å². The number of nitrogens with zero attached hydrogens (tertiary/aromatic N) is 1. The van der Waals surface area contributed by atoms with Crippen LogP contribution >= 0.6 is 0 Å². The van der Waals surface area contributed by atoms with Crippen LogP contribution < -0.4 is 0 Å². The molecule has 3 rings (SSSR count). The quantitative estimate of drug-likeness (QED) is 0.493. The van der Waals surface area contributed by atoms with Gasteiger partial charge in [-0.3, -0.25) is 0 Å². The van der Waals surface area contributed by atoms with Gasteiger partial charge in [0, 0.05) is 17.2 Å². The fourth-order valence-electron chi connectivity index (χ4n) is 1.96. The van der Waals surface area contributed by atoms with Crippen molar-refractivity contribution in [1.82, 2.24) is 0 Å². The predicted octanol–water partition coefficient (Wildman–Crippen LogP) is 3.24. The summed E-state index contributed by atoms with van der Waals surface area (Å²) in [6, 6.07) is 10.7. The number of aliphatic imine (C=N–C) groups is 1. The van der Waals surface area contributed by atoms with Crippen molar-refractivity contribution < 1.29 is 18.7 Å². The fourth-order valence-corrected chi connectivity index (χ4v) is 1.96. The second-order valence-corrected chi connectivity index (χ2v) is 4.56. The average Bonchev–Trinajstić information content (AvgIpc) is 3.18. The van der Waals surface area contributed by atoms with Crippen LogP contribution in [0.2, 0.25) is 0 Å². The van der Waals surface area contributed by atoms with Crippen molar-refractivity contribution in [3.05, 3.63) is 71.8 Å². The number of hydrogen-bond acceptors (Lipinski definition) is 5. The highest BCUT2D eigenvalue weighted by atomic mass is 16.6. The van der Waals surface area contributed by atoms with Gasteiger partial charge in [0.1, 0.15) is 11.5 Å². The largest absolute Gasteiger partial charge is 0.497 e. The molecule has 0 amide bonds. The Kier molecular flexibility index (Phi) is 3.62. The normalized spacial score (nSPS) is 15.6. The maximum absolute atomic E-state index is 11.8. The summed E-state index contributed by atoms with van der Waals surface area (Å²) < 4.78 is 15.4. The molecular formula is C17H13NO4. The molecule has 5 heteroatoms. The first kappa shape index (κ1) is 13.9. The highest BCUT2D eigenvalue weighted by molar-refractivity contribution is 6.12. The number of benzene rings is 1. The fraction of sp³-hybridized carbons (Fsp3) is 0.0588. The number of esters is 1. The Balaban J connectivity index is 1.86. The van der Waals surface area contributed by atoms with Crippen LogP contribution in [0.3, 0.4) is 0 Å². The molecule has 1 aromatic carbocycles. The first-order chi connectivity index (χ1) is 10.7. The zero-order valence-corrected chi connectivity index (χ0v) is 11.9. The van der Waals surface area contributed by atoms with Crippen LogP contribution in [0.15, 0.2) is 64.3 Å². The van der Waals surface area contributed by atoms with Gasteiger partial charge < -0.3 is 13.9 Å². The monoisotopic (exact) mass is 295 g/mol. The third-order valence-electron chi connectivity index (χ3n) is 3.14. The van der Waals surface area contributed by atoms with Crippen LogP contribution in [0, 0.1) is 0 Å². The van der Waals surface area contributed by atoms with Crippen molar-refractivity contribution in [3.63, 3.8) is 0 Å². The van der Waals surface area contributed by atoms with E-state index in [1.165, 1.54) is 12.3 Å². The molecule has 22 heavy (non-hydrogen) atoms. The molecule has 5 nitrogen and oxygen atoms in total. The Morgan fingerprint density at radius 1 is 1.27 bits per heavy atom. The van der Waals surface area contributed by atoms with Gasteiger partial charge in [0.15, 0.2) is 5.70 Å². The molecule has 110 valence electrons. The molecule has 0 fully saturated rings. The number of carbonyl (C=O) groups is 1. The molecule has 2 aromatic rings. The lowest BCUT2D eigenvalue weighted by Crippen LogP contribution is -2.05. The van der Waals surface area contributed by atoms with Gasteiger partial charge in [-0.2, -0.15) is 0 Å². The Morgan fingerprint density at radius 3 is 2.68 bits per heavy atom. The van der Waals surface area contributed by atoms with E-state index in [1.807, 2.05) is 12.1 Å². The zero-order chi connectivity index (χ0) is 15.5. The first-order valence-electron chi connectivity index (χ1n) is 6.57. The summed E-state index contributed by atoms with van der Waals surface area (Å²) in [5, 5.41) is 0. The number of hydrogen-bond donors (Lipinski definition) is 0. The summed E-state index contributed by atoms with van der Waals surface area (Å²) in [5.74, 6) is 0.869. The number of carbonyl (C=O) groups excluding carboxylic acids is 1. The molecule has 0 unspecified atom stereocenters. The van der Waals surface area contributed by atoms with Crippen molar-refractivity contribution >= 4 is 23.7 Å². The number of furan rings is 1. The zero-order valence-electron chi connectivity index (χ0n) is 11.9. The summed E-state index contributed by atoms with van der Waals surface area (Å²) in [7, 11) is 1.56. The molecule has 0 saturated carbocycles. The van der Waals surface area contributed by atoms with E-state index in [0.717, 1.165) is 5.56 Å². The molecule has 1 aromatic heterocycles. The van der Waals surface area contributed by atoms with E-state index >= 15 is 0 Å². The van der Waals surface area contributed by atoms with E-state index in [2.05, 4.69) is 11.6 Å². The molecule has 0 radical (unpaired) electrons. The minimum atomic E-state index is -0.503. The third kappa shape index (κ3) is 2.69. The van der Waals surface area contributed by atoms with Crippen molar-refractivity contribution in [2.75, 3.05) is 7.11 Å². The van der Waals surface area contributed by atoms with Crippen LogP contribution in [-0.4, -0.2) is 19.0 Å². The van der Waals surface area contributed by atoms with Gasteiger partial charge in [-0.05, 0) is 24.3 Å².